The van der Waals surface area contributed by atoms with Crippen LogP contribution in [0.15, 0.2) is 34.5 Å². The van der Waals surface area contributed by atoms with Crippen molar-refractivity contribution in [2.75, 3.05) is 6.54 Å². The molecule has 1 unspecified atom stereocenters. The van der Waals surface area contributed by atoms with E-state index in [1.54, 1.807) is 27.8 Å². The van der Waals surface area contributed by atoms with Gasteiger partial charge in [-0.05, 0) is 44.0 Å². The molecule has 1 atom stereocenters. The van der Waals surface area contributed by atoms with Crippen molar-refractivity contribution in [3.8, 4) is 0 Å². The van der Waals surface area contributed by atoms with Gasteiger partial charge in [-0.1, -0.05) is 20.3 Å². The molecule has 2 heterocycles. The second-order valence-electron chi connectivity index (χ2n) is 7.50. The van der Waals surface area contributed by atoms with Crippen molar-refractivity contribution in [2.24, 2.45) is 0 Å². The predicted octanol–water partition coefficient (Wildman–Crippen LogP) is 3.76. The molecular formula is C20H27N3O3S2. The number of amides is 1. The Labute approximate surface area is 171 Å². The van der Waals surface area contributed by atoms with E-state index in [1.807, 2.05) is 12.3 Å². The number of rotatable bonds is 6. The minimum atomic E-state index is -3.52. The highest BCUT2D eigenvalue weighted by Gasteiger charge is 2.30. The quantitative estimate of drug-likeness (QED) is 0.770. The molecule has 1 N–H and O–H groups in total. The van der Waals surface area contributed by atoms with Crippen molar-refractivity contribution >= 4 is 27.3 Å². The van der Waals surface area contributed by atoms with E-state index in [0.717, 1.165) is 30.0 Å². The van der Waals surface area contributed by atoms with Gasteiger partial charge in [-0.15, -0.1) is 11.3 Å². The van der Waals surface area contributed by atoms with Gasteiger partial charge in [0.15, 0.2) is 0 Å². The van der Waals surface area contributed by atoms with Crippen LogP contribution in [0.3, 0.4) is 0 Å². The predicted molar refractivity (Wildman–Crippen MR) is 111 cm³/mol. The maximum Gasteiger partial charge on any atom is 0.251 e. The molecule has 3 rings (SSSR count). The van der Waals surface area contributed by atoms with Crippen LogP contribution in [0.4, 0.5) is 0 Å². The standard InChI is InChI=1S/C20H27N3O3S2/c1-14(2)20-22-17(13-27-20)12-21-19(24)16-7-9-18(10-8-16)28(25,26)23-11-5-4-6-15(23)3/h7-10,13-15H,4-6,11-12H2,1-3H3,(H,21,24). The lowest BCUT2D eigenvalue weighted by molar-refractivity contribution is 0.0950. The summed E-state index contributed by atoms with van der Waals surface area (Å²) in [6.07, 6.45) is 2.83. The maximum absolute atomic E-state index is 12.9. The molecule has 1 amide bonds. The first-order chi connectivity index (χ1) is 13.3. The van der Waals surface area contributed by atoms with E-state index < -0.39 is 10.0 Å². The van der Waals surface area contributed by atoms with Crippen LogP contribution in [0, 0.1) is 0 Å². The Balaban J connectivity index is 1.65. The number of aromatic nitrogens is 1. The summed E-state index contributed by atoms with van der Waals surface area (Å²) in [5, 5.41) is 5.84. The highest BCUT2D eigenvalue weighted by molar-refractivity contribution is 7.89. The Morgan fingerprint density at radius 1 is 1.29 bits per heavy atom. The highest BCUT2D eigenvalue weighted by atomic mass is 32.2. The van der Waals surface area contributed by atoms with Gasteiger partial charge in [0.05, 0.1) is 22.1 Å². The number of carbonyl (C=O) groups excluding carboxylic acids is 1. The molecule has 28 heavy (non-hydrogen) atoms. The lowest BCUT2D eigenvalue weighted by Crippen LogP contribution is -2.41. The van der Waals surface area contributed by atoms with Crippen LogP contribution in [0.1, 0.15) is 67.0 Å². The fourth-order valence-corrected chi connectivity index (χ4v) is 5.82. The number of thiazole rings is 1. The second-order valence-corrected chi connectivity index (χ2v) is 10.3. The van der Waals surface area contributed by atoms with E-state index in [2.05, 4.69) is 24.1 Å². The molecule has 2 aromatic rings. The molecule has 1 aliphatic heterocycles. The number of hydrogen-bond acceptors (Lipinski definition) is 5. The third kappa shape index (κ3) is 4.61. The Morgan fingerprint density at radius 3 is 2.61 bits per heavy atom. The molecular weight excluding hydrogens is 394 g/mol. The van der Waals surface area contributed by atoms with Crippen LogP contribution >= 0.6 is 11.3 Å². The molecule has 0 aliphatic carbocycles. The van der Waals surface area contributed by atoms with Gasteiger partial charge in [-0.3, -0.25) is 4.79 Å². The number of hydrogen-bond donors (Lipinski definition) is 1. The first-order valence-electron chi connectivity index (χ1n) is 9.63. The SMILES string of the molecule is CC(C)c1nc(CNC(=O)c2ccc(S(=O)(=O)N3CCCCC3C)cc2)cs1. The summed E-state index contributed by atoms with van der Waals surface area (Å²) < 4.78 is 27.3. The van der Waals surface area contributed by atoms with Crippen molar-refractivity contribution in [3.63, 3.8) is 0 Å². The molecule has 152 valence electrons. The van der Waals surface area contributed by atoms with Crippen molar-refractivity contribution in [2.45, 2.75) is 63.4 Å². The van der Waals surface area contributed by atoms with Crippen LogP contribution in [0.5, 0.6) is 0 Å². The molecule has 1 aromatic heterocycles. The second kappa shape index (κ2) is 8.71. The zero-order chi connectivity index (χ0) is 20.3. The molecule has 0 spiro atoms. The summed E-state index contributed by atoms with van der Waals surface area (Å²) in [6.45, 7) is 7.02. The first kappa shape index (κ1) is 21.0. The maximum atomic E-state index is 12.9. The number of nitrogens with one attached hydrogen (secondary N) is 1. The summed E-state index contributed by atoms with van der Waals surface area (Å²) in [6, 6.07) is 6.18. The zero-order valence-electron chi connectivity index (χ0n) is 16.5. The normalized spacial score (nSPS) is 18.4. The van der Waals surface area contributed by atoms with Gasteiger partial charge in [-0.2, -0.15) is 4.31 Å². The zero-order valence-corrected chi connectivity index (χ0v) is 18.1. The Hall–Kier alpha value is -1.77. The molecule has 1 aromatic carbocycles. The van der Waals surface area contributed by atoms with Crippen LogP contribution in [0.25, 0.3) is 0 Å². The van der Waals surface area contributed by atoms with E-state index in [1.165, 1.54) is 12.1 Å². The van der Waals surface area contributed by atoms with Crippen molar-refractivity contribution in [3.05, 3.63) is 45.9 Å². The van der Waals surface area contributed by atoms with Crippen molar-refractivity contribution < 1.29 is 13.2 Å². The van der Waals surface area contributed by atoms with E-state index in [9.17, 15) is 13.2 Å². The minimum absolute atomic E-state index is 0.00978. The Bertz CT molecular complexity index is 920. The number of carbonyl (C=O) groups is 1. The lowest BCUT2D eigenvalue weighted by Gasteiger charge is -2.32. The van der Waals surface area contributed by atoms with E-state index >= 15 is 0 Å². The molecule has 0 saturated carbocycles. The fourth-order valence-electron chi connectivity index (χ4n) is 3.28. The number of sulfonamides is 1. The van der Waals surface area contributed by atoms with Gasteiger partial charge in [-0.25, -0.2) is 13.4 Å². The summed E-state index contributed by atoms with van der Waals surface area (Å²) in [5.74, 6) is 0.126. The molecule has 1 saturated heterocycles. The number of piperidine rings is 1. The lowest BCUT2D eigenvalue weighted by atomic mass is 10.1. The highest BCUT2D eigenvalue weighted by Crippen LogP contribution is 2.25. The van der Waals surface area contributed by atoms with Crippen LogP contribution in [-0.2, 0) is 16.6 Å². The van der Waals surface area contributed by atoms with E-state index in [-0.39, 0.29) is 16.8 Å². The van der Waals surface area contributed by atoms with Crippen molar-refractivity contribution in [1.29, 1.82) is 0 Å². The molecule has 0 radical (unpaired) electrons. The van der Waals surface area contributed by atoms with E-state index in [4.69, 9.17) is 0 Å². The monoisotopic (exact) mass is 421 g/mol. The fraction of sp³-hybridized carbons (Fsp3) is 0.500. The molecule has 1 fully saturated rings. The smallest absolute Gasteiger partial charge is 0.251 e. The molecule has 0 bridgehead atoms. The third-order valence-electron chi connectivity index (χ3n) is 4.96. The van der Waals surface area contributed by atoms with Gasteiger partial charge in [0.1, 0.15) is 0 Å². The van der Waals surface area contributed by atoms with Gasteiger partial charge in [0, 0.05) is 29.4 Å². The minimum Gasteiger partial charge on any atom is -0.346 e. The van der Waals surface area contributed by atoms with Crippen LogP contribution in [0.2, 0.25) is 0 Å². The Kier molecular flexibility index (Phi) is 6.52. The average molecular weight is 422 g/mol. The van der Waals surface area contributed by atoms with E-state index in [0.29, 0.717) is 24.6 Å². The Morgan fingerprint density at radius 2 is 2.00 bits per heavy atom. The topological polar surface area (TPSA) is 79.4 Å². The average Bonchev–Trinajstić information content (AvgIpc) is 3.16. The summed E-state index contributed by atoms with van der Waals surface area (Å²) in [5.41, 5.74) is 1.27. The first-order valence-corrected chi connectivity index (χ1v) is 12.0. The molecule has 1 aliphatic rings. The third-order valence-corrected chi connectivity index (χ3v) is 8.18. The van der Waals surface area contributed by atoms with Crippen molar-refractivity contribution in [1.82, 2.24) is 14.6 Å². The summed E-state index contributed by atoms with van der Waals surface area (Å²) >= 11 is 1.59. The summed E-state index contributed by atoms with van der Waals surface area (Å²) in [4.78, 5) is 17.1. The molecule has 6 nitrogen and oxygen atoms in total. The van der Waals surface area contributed by atoms with Gasteiger partial charge in [0.2, 0.25) is 10.0 Å². The van der Waals surface area contributed by atoms with Gasteiger partial charge < -0.3 is 5.32 Å². The number of nitrogens with zero attached hydrogens (tertiary/aromatic N) is 2. The van der Waals surface area contributed by atoms with Crippen LogP contribution < -0.4 is 5.32 Å². The van der Waals surface area contributed by atoms with Gasteiger partial charge >= 0.3 is 0 Å². The largest absolute Gasteiger partial charge is 0.346 e. The molecule has 8 heteroatoms. The van der Waals surface area contributed by atoms with Gasteiger partial charge in [0.25, 0.3) is 5.91 Å². The number of benzene rings is 1. The van der Waals surface area contributed by atoms with Crippen LogP contribution in [-0.4, -0.2) is 36.2 Å². The summed E-state index contributed by atoms with van der Waals surface area (Å²) in [7, 11) is -3.52.